The Bertz CT molecular complexity index is 389. The van der Waals surface area contributed by atoms with Crippen LogP contribution in [-0.4, -0.2) is 23.9 Å². The van der Waals surface area contributed by atoms with Crippen molar-refractivity contribution in [3.63, 3.8) is 0 Å². The second-order valence-electron chi connectivity index (χ2n) is 5.57. The number of hydrogen-bond donors (Lipinski definition) is 1. The molecule has 0 amide bonds. The van der Waals surface area contributed by atoms with E-state index in [0.717, 1.165) is 24.3 Å². The van der Waals surface area contributed by atoms with Crippen LogP contribution in [0.25, 0.3) is 0 Å². The minimum atomic E-state index is -0.777. The van der Waals surface area contributed by atoms with Crippen molar-refractivity contribution in [2.75, 3.05) is 6.61 Å². The van der Waals surface area contributed by atoms with E-state index in [4.69, 9.17) is 9.47 Å². The molecule has 0 radical (unpaired) electrons. The lowest BCUT2D eigenvalue weighted by molar-refractivity contribution is -0.135. The van der Waals surface area contributed by atoms with E-state index < -0.39 is 5.60 Å². The summed E-state index contributed by atoms with van der Waals surface area (Å²) in [4.78, 5) is 0. The predicted octanol–water partition coefficient (Wildman–Crippen LogP) is 3.25. The Hall–Kier alpha value is -1.06. The van der Waals surface area contributed by atoms with Crippen LogP contribution < -0.4 is 4.74 Å². The Morgan fingerprint density at radius 3 is 2.32 bits per heavy atom. The van der Waals surface area contributed by atoms with E-state index in [2.05, 4.69) is 6.92 Å². The van der Waals surface area contributed by atoms with Crippen LogP contribution in [0.2, 0.25) is 0 Å². The number of aliphatic hydroxyl groups is 1. The molecule has 2 unspecified atom stereocenters. The van der Waals surface area contributed by atoms with E-state index in [-0.39, 0.29) is 12.2 Å². The molecule has 1 saturated heterocycles. The summed E-state index contributed by atoms with van der Waals surface area (Å²) in [6, 6.07) is 7.81. The number of benzene rings is 1. The van der Waals surface area contributed by atoms with Crippen LogP contribution in [0.4, 0.5) is 0 Å². The first kappa shape index (κ1) is 14.4. The van der Waals surface area contributed by atoms with Crippen molar-refractivity contribution in [3.8, 4) is 5.75 Å². The maximum absolute atomic E-state index is 10.8. The molecule has 1 aromatic carbocycles. The van der Waals surface area contributed by atoms with Gasteiger partial charge in [0.2, 0.25) is 0 Å². The van der Waals surface area contributed by atoms with Gasteiger partial charge in [0.25, 0.3) is 0 Å². The standard InChI is InChI=1S/C16H24O3/c1-4-9-18-15-7-5-14(6-8-15)16(17)10-12(2)19-13(3)11-16/h5-8,12-13,17H,4,9-11H2,1-3H3. The minimum Gasteiger partial charge on any atom is -0.494 e. The molecule has 19 heavy (non-hydrogen) atoms. The molecule has 0 spiro atoms. The third-order valence-corrected chi connectivity index (χ3v) is 3.58. The maximum Gasteiger partial charge on any atom is 0.119 e. The second-order valence-corrected chi connectivity index (χ2v) is 5.57. The number of hydrogen-bond acceptors (Lipinski definition) is 3. The van der Waals surface area contributed by atoms with E-state index in [1.165, 1.54) is 0 Å². The molecule has 0 saturated carbocycles. The molecule has 1 aliphatic heterocycles. The van der Waals surface area contributed by atoms with Crippen molar-refractivity contribution >= 4 is 0 Å². The monoisotopic (exact) mass is 264 g/mol. The highest BCUT2D eigenvalue weighted by Crippen LogP contribution is 2.37. The smallest absolute Gasteiger partial charge is 0.119 e. The summed E-state index contributed by atoms with van der Waals surface area (Å²) in [5, 5.41) is 10.8. The molecule has 2 atom stereocenters. The SMILES string of the molecule is CCCOc1ccc(C2(O)CC(C)OC(C)C2)cc1. The van der Waals surface area contributed by atoms with Crippen molar-refractivity contribution in [3.05, 3.63) is 29.8 Å². The number of rotatable bonds is 4. The lowest BCUT2D eigenvalue weighted by Gasteiger charge is -2.39. The molecule has 0 aromatic heterocycles. The Balaban J connectivity index is 2.11. The lowest BCUT2D eigenvalue weighted by atomic mass is 9.82. The van der Waals surface area contributed by atoms with Crippen LogP contribution in [0.3, 0.4) is 0 Å². The molecular weight excluding hydrogens is 240 g/mol. The van der Waals surface area contributed by atoms with Crippen molar-refractivity contribution in [1.82, 2.24) is 0 Å². The predicted molar refractivity (Wildman–Crippen MR) is 75.4 cm³/mol. The van der Waals surface area contributed by atoms with Crippen molar-refractivity contribution in [1.29, 1.82) is 0 Å². The molecule has 1 heterocycles. The second kappa shape index (κ2) is 5.93. The highest BCUT2D eigenvalue weighted by Gasteiger charge is 2.38. The van der Waals surface area contributed by atoms with Gasteiger partial charge in [-0.1, -0.05) is 19.1 Å². The average molecular weight is 264 g/mol. The van der Waals surface area contributed by atoms with Gasteiger partial charge in [-0.05, 0) is 38.0 Å². The molecule has 1 fully saturated rings. The first-order valence-corrected chi connectivity index (χ1v) is 7.14. The Kier molecular flexibility index (Phi) is 4.48. The van der Waals surface area contributed by atoms with Gasteiger partial charge in [0.15, 0.2) is 0 Å². The van der Waals surface area contributed by atoms with E-state index in [1.54, 1.807) is 0 Å². The summed E-state index contributed by atoms with van der Waals surface area (Å²) in [5.41, 5.74) is 0.179. The van der Waals surface area contributed by atoms with Gasteiger partial charge in [-0.3, -0.25) is 0 Å². The topological polar surface area (TPSA) is 38.7 Å². The van der Waals surface area contributed by atoms with Crippen LogP contribution in [0.15, 0.2) is 24.3 Å². The van der Waals surface area contributed by atoms with Crippen LogP contribution in [0.1, 0.15) is 45.6 Å². The quantitative estimate of drug-likeness (QED) is 0.907. The van der Waals surface area contributed by atoms with Gasteiger partial charge >= 0.3 is 0 Å². The zero-order valence-corrected chi connectivity index (χ0v) is 12.1. The van der Waals surface area contributed by atoms with Gasteiger partial charge in [0, 0.05) is 12.8 Å². The van der Waals surface area contributed by atoms with Crippen molar-refractivity contribution < 1.29 is 14.6 Å². The lowest BCUT2D eigenvalue weighted by Crippen LogP contribution is -2.41. The van der Waals surface area contributed by atoms with Crippen molar-refractivity contribution in [2.45, 2.75) is 57.8 Å². The molecular formula is C16H24O3. The van der Waals surface area contributed by atoms with Gasteiger partial charge in [-0.2, -0.15) is 0 Å². The zero-order valence-electron chi connectivity index (χ0n) is 12.1. The largest absolute Gasteiger partial charge is 0.494 e. The zero-order chi connectivity index (χ0) is 13.9. The number of ether oxygens (including phenoxy) is 2. The Morgan fingerprint density at radius 1 is 1.21 bits per heavy atom. The summed E-state index contributed by atoms with van der Waals surface area (Å²) in [6.45, 7) is 6.84. The fourth-order valence-electron chi connectivity index (χ4n) is 2.84. The van der Waals surface area contributed by atoms with Crippen LogP contribution in [-0.2, 0) is 10.3 Å². The molecule has 3 nitrogen and oxygen atoms in total. The Labute approximate surface area is 115 Å². The van der Waals surface area contributed by atoms with E-state index in [0.29, 0.717) is 12.8 Å². The normalized spacial score (nSPS) is 31.2. The third-order valence-electron chi connectivity index (χ3n) is 3.58. The van der Waals surface area contributed by atoms with Crippen molar-refractivity contribution in [2.24, 2.45) is 0 Å². The average Bonchev–Trinajstić information content (AvgIpc) is 2.35. The van der Waals surface area contributed by atoms with Gasteiger partial charge in [0.1, 0.15) is 5.75 Å². The van der Waals surface area contributed by atoms with Gasteiger partial charge in [-0.25, -0.2) is 0 Å². The Morgan fingerprint density at radius 2 is 1.79 bits per heavy atom. The van der Waals surface area contributed by atoms with Crippen LogP contribution in [0, 0.1) is 0 Å². The summed E-state index contributed by atoms with van der Waals surface area (Å²) >= 11 is 0. The fourth-order valence-corrected chi connectivity index (χ4v) is 2.84. The molecule has 1 aliphatic rings. The van der Waals surface area contributed by atoms with E-state index in [1.807, 2.05) is 38.1 Å². The molecule has 0 bridgehead atoms. The first-order valence-electron chi connectivity index (χ1n) is 7.14. The summed E-state index contributed by atoms with van der Waals surface area (Å²) < 4.78 is 11.3. The van der Waals surface area contributed by atoms with Gasteiger partial charge < -0.3 is 14.6 Å². The summed E-state index contributed by atoms with van der Waals surface area (Å²) in [6.07, 6.45) is 2.46. The molecule has 2 rings (SSSR count). The highest BCUT2D eigenvalue weighted by molar-refractivity contribution is 5.31. The van der Waals surface area contributed by atoms with E-state index in [9.17, 15) is 5.11 Å². The first-order chi connectivity index (χ1) is 9.03. The molecule has 1 N–H and O–H groups in total. The van der Waals surface area contributed by atoms with Gasteiger partial charge in [0.05, 0.1) is 24.4 Å². The van der Waals surface area contributed by atoms with Crippen LogP contribution >= 0.6 is 0 Å². The molecule has 106 valence electrons. The minimum absolute atomic E-state index is 0.0877. The third kappa shape index (κ3) is 3.48. The maximum atomic E-state index is 10.8. The summed E-state index contributed by atoms with van der Waals surface area (Å²) in [7, 11) is 0. The molecule has 1 aromatic rings. The molecule has 3 heteroatoms. The fraction of sp³-hybridized carbons (Fsp3) is 0.625. The van der Waals surface area contributed by atoms with E-state index >= 15 is 0 Å². The molecule has 0 aliphatic carbocycles. The van der Waals surface area contributed by atoms with Gasteiger partial charge in [-0.15, -0.1) is 0 Å². The highest BCUT2D eigenvalue weighted by atomic mass is 16.5. The summed E-state index contributed by atoms with van der Waals surface area (Å²) in [5.74, 6) is 0.863. The van der Waals surface area contributed by atoms with Crippen LogP contribution in [0.5, 0.6) is 5.75 Å².